The van der Waals surface area contributed by atoms with Crippen LogP contribution in [0.3, 0.4) is 0 Å². The van der Waals surface area contributed by atoms with Crippen molar-refractivity contribution >= 4 is 11.9 Å². The molecule has 0 heterocycles. The summed E-state index contributed by atoms with van der Waals surface area (Å²) in [7, 11) is 0. The molecule has 0 aromatic carbocycles. The highest BCUT2D eigenvalue weighted by atomic mass is 16.6. The first-order chi connectivity index (χ1) is 29.6. The monoisotopic (exact) mass is 837 g/mol. The lowest BCUT2D eigenvalue weighted by atomic mass is 10.0. The number of hydrogen-bond acceptors (Lipinski definition) is 5. The molecule has 0 rings (SSSR count). The molecule has 0 spiro atoms. The average molecular weight is 837 g/mol. The number of carbonyl (C=O) groups excluding carboxylic acids is 2. The van der Waals surface area contributed by atoms with E-state index >= 15 is 0 Å². The van der Waals surface area contributed by atoms with E-state index in [0.717, 1.165) is 51.4 Å². The molecule has 0 saturated carbocycles. The van der Waals surface area contributed by atoms with Crippen molar-refractivity contribution in [2.75, 3.05) is 13.2 Å². The van der Waals surface area contributed by atoms with Crippen LogP contribution >= 0.6 is 0 Å². The highest BCUT2D eigenvalue weighted by Gasteiger charge is 2.15. The van der Waals surface area contributed by atoms with Gasteiger partial charge in [-0.3, -0.25) is 9.59 Å². The zero-order chi connectivity index (χ0) is 43.5. The fraction of sp³-hybridized carbons (Fsp3) is 0.745. The Bertz CT molecular complexity index is 1080. The molecule has 0 bridgehead atoms. The van der Waals surface area contributed by atoms with Crippen LogP contribution in [0.5, 0.6) is 0 Å². The Kier molecular flexibility index (Phi) is 48.4. The van der Waals surface area contributed by atoms with Crippen molar-refractivity contribution in [2.45, 2.75) is 251 Å². The van der Waals surface area contributed by atoms with Crippen LogP contribution in [-0.4, -0.2) is 36.4 Å². The van der Waals surface area contributed by atoms with Gasteiger partial charge < -0.3 is 14.6 Å². The van der Waals surface area contributed by atoms with Gasteiger partial charge in [-0.05, 0) is 70.6 Å². The zero-order valence-corrected chi connectivity index (χ0v) is 39.5. The van der Waals surface area contributed by atoms with Crippen LogP contribution in [0.1, 0.15) is 245 Å². The van der Waals surface area contributed by atoms with Crippen molar-refractivity contribution in [2.24, 2.45) is 0 Å². The first-order valence-corrected chi connectivity index (χ1v) is 25.5. The van der Waals surface area contributed by atoms with E-state index in [0.29, 0.717) is 12.8 Å². The second-order valence-electron chi connectivity index (χ2n) is 16.9. The van der Waals surface area contributed by atoms with E-state index in [1.807, 2.05) is 12.2 Å². The van der Waals surface area contributed by atoms with Gasteiger partial charge in [0.15, 0.2) is 6.10 Å². The highest BCUT2D eigenvalue weighted by molar-refractivity contribution is 5.70. The maximum absolute atomic E-state index is 12.2. The van der Waals surface area contributed by atoms with Gasteiger partial charge in [-0.1, -0.05) is 234 Å². The Morgan fingerprint density at radius 1 is 0.400 bits per heavy atom. The number of allylic oxidation sites excluding steroid dienone is 12. The molecule has 0 aliphatic heterocycles. The Balaban J connectivity index is 3.45. The summed E-state index contributed by atoms with van der Waals surface area (Å²) in [6, 6.07) is 0. The predicted molar refractivity (Wildman–Crippen MR) is 260 cm³/mol. The molecule has 5 heteroatoms. The standard InChI is InChI=1S/C55H96O5/c1-3-5-7-9-11-13-15-17-18-19-20-21-22-23-24-25-26-27-28-29-30-31-32-33-34-35-36-38-39-41-43-45-47-49-54(57)59-52-53(51-56)60-55(58)50-48-46-44-42-40-37-16-14-12-10-8-6-4-2/h6,8,12,14-15,17,19-20,37,40,44,46,53,56H,3-5,7,9-11,13,16,18,21-36,38-39,41-43,45,47-52H2,1-2H3/b8-6-,14-12-,17-15-,20-19-,40-37-,46-44-. The number of aliphatic hydroxyl groups is 1. The third-order valence-electron chi connectivity index (χ3n) is 11.0. The van der Waals surface area contributed by atoms with Crippen LogP contribution in [0, 0.1) is 0 Å². The molecule has 0 fully saturated rings. The van der Waals surface area contributed by atoms with E-state index in [9.17, 15) is 14.7 Å². The van der Waals surface area contributed by atoms with E-state index in [1.165, 1.54) is 161 Å². The summed E-state index contributed by atoms with van der Waals surface area (Å²) in [6.07, 6.45) is 68.9. The normalized spacial score (nSPS) is 12.8. The minimum atomic E-state index is -0.811. The van der Waals surface area contributed by atoms with Crippen LogP contribution in [0.25, 0.3) is 0 Å². The molecule has 1 unspecified atom stereocenters. The molecule has 0 amide bonds. The Hall–Kier alpha value is -2.66. The van der Waals surface area contributed by atoms with Gasteiger partial charge in [0, 0.05) is 12.8 Å². The minimum absolute atomic E-state index is 0.0950. The molecule has 0 aromatic heterocycles. The van der Waals surface area contributed by atoms with E-state index in [-0.39, 0.29) is 25.6 Å². The smallest absolute Gasteiger partial charge is 0.306 e. The van der Waals surface area contributed by atoms with Gasteiger partial charge in [-0.25, -0.2) is 0 Å². The van der Waals surface area contributed by atoms with E-state index in [1.54, 1.807) is 0 Å². The van der Waals surface area contributed by atoms with Crippen LogP contribution in [-0.2, 0) is 19.1 Å². The van der Waals surface area contributed by atoms with Gasteiger partial charge in [-0.2, -0.15) is 0 Å². The van der Waals surface area contributed by atoms with Gasteiger partial charge in [0.2, 0.25) is 0 Å². The van der Waals surface area contributed by atoms with Crippen LogP contribution < -0.4 is 0 Å². The molecule has 5 nitrogen and oxygen atoms in total. The Labute approximate surface area is 372 Å². The second-order valence-corrected chi connectivity index (χ2v) is 16.9. The third-order valence-corrected chi connectivity index (χ3v) is 11.0. The number of carbonyl (C=O) groups is 2. The fourth-order valence-corrected chi connectivity index (χ4v) is 7.19. The molecule has 346 valence electrons. The molecule has 0 radical (unpaired) electrons. The number of rotatable bonds is 46. The summed E-state index contributed by atoms with van der Waals surface area (Å²) >= 11 is 0. The van der Waals surface area contributed by atoms with Gasteiger partial charge in [0.1, 0.15) is 6.61 Å². The molecule has 1 atom stereocenters. The number of esters is 2. The maximum atomic E-state index is 12.2. The molecule has 1 N–H and O–H groups in total. The molecule has 0 aromatic rings. The molecule has 0 saturated heterocycles. The highest BCUT2D eigenvalue weighted by Crippen LogP contribution is 2.16. The first-order valence-electron chi connectivity index (χ1n) is 25.5. The molecule has 0 aliphatic carbocycles. The second kappa shape index (κ2) is 50.7. The van der Waals surface area contributed by atoms with Crippen LogP contribution in [0.2, 0.25) is 0 Å². The number of aliphatic hydroxyl groups excluding tert-OH is 1. The van der Waals surface area contributed by atoms with Crippen molar-refractivity contribution in [1.29, 1.82) is 0 Å². The van der Waals surface area contributed by atoms with Crippen molar-refractivity contribution in [3.8, 4) is 0 Å². The molecule has 60 heavy (non-hydrogen) atoms. The molecular formula is C55H96O5. The average Bonchev–Trinajstić information content (AvgIpc) is 3.25. The number of ether oxygens (including phenoxy) is 2. The van der Waals surface area contributed by atoms with E-state index in [2.05, 4.69) is 74.6 Å². The number of hydrogen-bond donors (Lipinski definition) is 1. The summed E-state index contributed by atoms with van der Waals surface area (Å²) in [5.74, 6) is -0.682. The van der Waals surface area contributed by atoms with Crippen molar-refractivity contribution < 1.29 is 24.2 Å². The topological polar surface area (TPSA) is 72.8 Å². The SMILES string of the molecule is CC/C=C\C/C=C\C/C=C\C/C=C\CCC(=O)OC(CO)COC(=O)CCCCCCCCCCCCCCCCCCCCCCC/C=C\C/C=C\CCCCCCC. The van der Waals surface area contributed by atoms with Gasteiger partial charge in [-0.15, -0.1) is 0 Å². The summed E-state index contributed by atoms with van der Waals surface area (Å²) in [4.78, 5) is 24.3. The maximum Gasteiger partial charge on any atom is 0.306 e. The predicted octanol–water partition coefficient (Wildman–Crippen LogP) is 16.9. The zero-order valence-electron chi connectivity index (χ0n) is 39.5. The lowest BCUT2D eigenvalue weighted by Gasteiger charge is -2.15. The van der Waals surface area contributed by atoms with E-state index < -0.39 is 12.1 Å². The van der Waals surface area contributed by atoms with Crippen molar-refractivity contribution in [1.82, 2.24) is 0 Å². The summed E-state index contributed by atoms with van der Waals surface area (Å²) in [6.45, 7) is 3.96. The first kappa shape index (κ1) is 57.3. The Morgan fingerprint density at radius 3 is 1.15 bits per heavy atom. The van der Waals surface area contributed by atoms with Gasteiger partial charge in [0.25, 0.3) is 0 Å². The largest absolute Gasteiger partial charge is 0.462 e. The summed E-state index contributed by atoms with van der Waals surface area (Å²) in [5.41, 5.74) is 0. The van der Waals surface area contributed by atoms with Crippen molar-refractivity contribution in [3.05, 3.63) is 72.9 Å². The van der Waals surface area contributed by atoms with Crippen LogP contribution in [0.15, 0.2) is 72.9 Å². The van der Waals surface area contributed by atoms with E-state index in [4.69, 9.17) is 9.47 Å². The lowest BCUT2D eigenvalue weighted by Crippen LogP contribution is -2.28. The summed E-state index contributed by atoms with van der Waals surface area (Å²) < 4.78 is 10.6. The lowest BCUT2D eigenvalue weighted by molar-refractivity contribution is -0.161. The summed E-state index contributed by atoms with van der Waals surface area (Å²) in [5, 5.41) is 9.57. The number of unbranched alkanes of at least 4 members (excludes halogenated alkanes) is 26. The third kappa shape index (κ3) is 48.0. The quantitative estimate of drug-likeness (QED) is 0.0376. The fourth-order valence-electron chi connectivity index (χ4n) is 7.19. The molecular weight excluding hydrogens is 741 g/mol. The minimum Gasteiger partial charge on any atom is -0.462 e. The van der Waals surface area contributed by atoms with Crippen LogP contribution in [0.4, 0.5) is 0 Å². The van der Waals surface area contributed by atoms with Gasteiger partial charge >= 0.3 is 11.9 Å². The molecule has 0 aliphatic rings. The van der Waals surface area contributed by atoms with Crippen molar-refractivity contribution in [3.63, 3.8) is 0 Å². The Morgan fingerprint density at radius 2 is 0.750 bits per heavy atom. The van der Waals surface area contributed by atoms with Gasteiger partial charge in [0.05, 0.1) is 6.61 Å².